The molecule has 0 saturated carbocycles. The largest absolute Gasteiger partial charge is 0.488 e. The molecule has 19 heavy (non-hydrogen) atoms. The van der Waals surface area contributed by atoms with Crippen LogP contribution >= 0.6 is 0 Å². The summed E-state index contributed by atoms with van der Waals surface area (Å²) >= 11 is 0. The van der Waals surface area contributed by atoms with Crippen LogP contribution in [0.25, 0.3) is 22.0 Å². The third kappa shape index (κ3) is 2.23. The minimum Gasteiger partial charge on any atom is -0.423 e. The maximum Gasteiger partial charge on any atom is 0.488 e. The van der Waals surface area contributed by atoms with Crippen molar-refractivity contribution < 1.29 is 10.0 Å². The molecule has 3 aromatic rings. The van der Waals surface area contributed by atoms with E-state index in [9.17, 15) is 10.0 Å². The molecule has 0 atom stereocenters. The zero-order valence-corrected chi connectivity index (χ0v) is 10.2. The van der Waals surface area contributed by atoms with Gasteiger partial charge in [-0.15, -0.1) is 0 Å². The first kappa shape index (κ1) is 11.9. The van der Waals surface area contributed by atoms with Crippen LogP contribution in [0.1, 0.15) is 0 Å². The highest BCUT2D eigenvalue weighted by molar-refractivity contribution is 6.58. The molecule has 2 N–H and O–H groups in total. The molecule has 92 valence electrons. The lowest BCUT2D eigenvalue weighted by molar-refractivity contribution is 0.426. The van der Waals surface area contributed by atoms with E-state index >= 15 is 0 Å². The standard InChI is InChI=1S/C15H12BNO2/c18-16(19)13-6-3-5-12(10-13)15-14-7-2-1-4-11(14)8-9-17-15/h1-10,18-19H. The predicted octanol–water partition coefficient (Wildman–Crippen LogP) is 1.58. The van der Waals surface area contributed by atoms with Crippen LogP contribution in [0.2, 0.25) is 0 Å². The lowest BCUT2D eigenvalue weighted by Gasteiger charge is -2.07. The van der Waals surface area contributed by atoms with E-state index in [0.717, 1.165) is 22.0 Å². The average molecular weight is 249 g/mol. The molecule has 1 heterocycles. The van der Waals surface area contributed by atoms with Crippen molar-refractivity contribution in [3.8, 4) is 11.3 Å². The zero-order chi connectivity index (χ0) is 13.2. The number of pyridine rings is 1. The predicted molar refractivity (Wildman–Crippen MR) is 77.0 cm³/mol. The van der Waals surface area contributed by atoms with E-state index in [1.807, 2.05) is 36.4 Å². The van der Waals surface area contributed by atoms with Crippen molar-refractivity contribution in [3.05, 3.63) is 60.8 Å². The second-order valence-electron chi connectivity index (χ2n) is 4.38. The van der Waals surface area contributed by atoms with Gasteiger partial charge in [-0.1, -0.05) is 48.5 Å². The van der Waals surface area contributed by atoms with Gasteiger partial charge >= 0.3 is 7.12 Å². The van der Waals surface area contributed by atoms with Gasteiger partial charge in [0.1, 0.15) is 0 Å². The third-order valence-corrected chi connectivity index (χ3v) is 3.13. The molecule has 2 aromatic carbocycles. The Morgan fingerprint density at radius 3 is 2.58 bits per heavy atom. The first-order valence-electron chi connectivity index (χ1n) is 6.06. The van der Waals surface area contributed by atoms with Crippen LogP contribution in [0.5, 0.6) is 0 Å². The summed E-state index contributed by atoms with van der Waals surface area (Å²) in [4.78, 5) is 4.41. The first-order valence-corrected chi connectivity index (χ1v) is 6.06. The number of hydrogen-bond donors (Lipinski definition) is 2. The highest BCUT2D eigenvalue weighted by Gasteiger charge is 2.12. The van der Waals surface area contributed by atoms with Gasteiger partial charge in [-0.3, -0.25) is 4.98 Å². The molecule has 0 aliphatic rings. The van der Waals surface area contributed by atoms with Crippen LogP contribution in [0.15, 0.2) is 60.8 Å². The van der Waals surface area contributed by atoms with Crippen molar-refractivity contribution in [2.45, 2.75) is 0 Å². The number of rotatable bonds is 2. The van der Waals surface area contributed by atoms with Crippen molar-refractivity contribution in [2.75, 3.05) is 0 Å². The molecule has 0 aliphatic carbocycles. The Balaban J connectivity index is 2.22. The number of nitrogens with zero attached hydrogens (tertiary/aromatic N) is 1. The molecular weight excluding hydrogens is 237 g/mol. The molecule has 3 rings (SSSR count). The molecule has 1 aromatic heterocycles. The molecule has 0 saturated heterocycles. The minimum atomic E-state index is -1.46. The summed E-state index contributed by atoms with van der Waals surface area (Å²) in [5.74, 6) is 0. The summed E-state index contributed by atoms with van der Waals surface area (Å²) in [5, 5.41) is 20.7. The van der Waals surface area contributed by atoms with Crippen molar-refractivity contribution in [1.82, 2.24) is 4.98 Å². The van der Waals surface area contributed by atoms with Gasteiger partial charge in [-0.2, -0.15) is 0 Å². The normalized spacial score (nSPS) is 10.6. The Kier molecular flexibility index (Phi) is 3.03. The first-order chi connectivity index (χ1) is 9.25. The molecule has 3 nitrogen and oxygen atoms in total. The van der Waals surface area contributed by atoms with Gasteiger partial charge in [0.2, 0.25) is 0 Å². The van der Waals surface area contributed by atoms with Gasteiger partial charge in [0, 0.05) is 17.1 Å². The van der Waals surface area contributed by atoms with Crippen molar-refractivity contribution >= 4 is 23.4 Å². The van der Waals surface area contributed by atoms with E-state index in [0.29, 0.717) is 5.46 Å². The van der Waals surface area contributed by atoms with E-state index in [1.54, 1.807) is 24.4 Å². The topological polar surface area (TPSA) is 53.4 Å². The van der Waals surface area contributed by atoms with Crippen LogP contribution in [0.4, 0.5) is 0 Å². The van der Waals surface area contributed by atoms with E-state index < -0.39 is 7.12 Å². The second-order valence-corrected chi connectivity index (χ2v) is 4.38. The SMILES string of the molecule is OB(O)c1cccc(-c2nccc3ccccc23)c1. The Hall–Kier alpha value is -2.17. The van der Waals surface area contributed by atoms with Crippen LogP contribution in [-0.4, -0.2) is 22.2 Å². The molecule has 0 spiro atoms. The van der Waals surface area contributed by atoms with Gasteiger partial charge in [-0.05, 0) is 16.9 Å². The average Bonchev–Trinajstić information content (AvgIpc) is 2.47. The molecule has 0 amide bonds. The van der Waals surface area contributed by atoms with Crippen LogP contribution in [0, 0.1) is 0 Å². The van der Waals surface area contributed by atoms with E-state index in [-0.39, 0.29) is 0 Å². The van der Waals surface area contributed by atoms with E-state index in [1.165, 1.54) is 0 Å². The Labute approximate surface area is 111 Å². The minimum absolute atomic E-state index is 0.465. The Morgan fingerprint density at radius 1 is 0.895 bits per heavy atom. The fraction of sp³-hybridized carbons (Fsp3) is 0. The smallest absolute Gasteiger partial charge is 0.423 e. The fourth-order valence-electron chi connectivity index (χ4n) is 2.20. The molecule has 4 heteroatoms. The van der Waals surface area contributed by atoms with E-state index in [4.69, 9.17) is 0 Å². The maximum absolute atomic E-state index is 9.24. The lowest BCUT2D eigenvalue weighted by atomic mass is 9.79. The van der Waals surface area contributed by atoms with Gasteiger partial charge in [-0.25, -0.2) is 0 Å². The summed E-state index contributed by atoms with van der Waals surface area (Å²) < 4.78 is 0. The van der Waals surface area contributed by atoms with E-state index in [2.05, 4.69) is 4.98 Å². The molecule has 0 bridgehead atoms. The van der Waals surface area contributed by atoms with Gasteiger partial charge in [0.15, 0.2) is 0 Å². The third-order valence-electron chi connectivity index (χ3n) is 3.13. The lowest BCUT2D eigenvalue weighted by Crippen LogP contribution is -2.29. The summed E-state index contributed by atoms with van der Waals surface area (Å²) in [7, 11) is -1.46. The van der Waals surface area contributed by atoms with Crippen molar-refractivity contribution in [3.63, 3.8) is 0 Å². The number of hydrogen-bond acceptors (Lipinski definition) is 3. The highest BCUT2D eigenvalue weighted by atomic mass is 16.4. The zero-order valence-electron chi connectivity index (χ0n) is 10.2. The van der Waals surface area contributed by atoms with Gasteiger partial charge in [0.25, 0.3) is 0 Å². The van der Waals surface area contributed by atoms with Crippen LogP contribution in [-0.2, 0) is 0 Å². The van der Waals surface area contributed by atoms with Crippen LogP contribution in [0.3, 0.4) is 0 Å². The second kappa shape index (κ2) is 4.84. The molecular formula is C15H12BNO2. The summed E-state index contributed by atoms with van der Waals surface area (Å²) in [6.45, 7) is 0. The summed E-state index contributed by atoms with van der Waals surface area (Å²) in [6.07, 6.45) is 1.76. The molecule has 0 unspecified atom stereocenters. The molecule has 0 radical (unpaired) electrons. The number of benzene rings is 2. The summed E-state index contributed by atoms with van der Waals surface area (Å²) in [6, 6.07) is 17.1. The highest BCUT2D eigenvalue weighted by Crippen LogP contribution is 2.25. The quantitative estimate of drug-likeness (QED) is 0.678. The number of aromatic nitrogens is 1. The van der Waals surface area contributed by atoms with Gasteiger partial charge < -0.3 is 10.0 Å². The molecule has 0 aliphatic heterocycles. The van der Waals surface area contributed by atoms with Crippen molar-refractivity contribution in [2.24, 2.45) is 0 Å². The van der Waals surface area contributed by atoms with Crippen LogP contribution < -0.4 is 5.46 Å². The fourth-order valence-corrected chi connectivity index (χ4v) is 2.20. The monoisotopic (exact) mass is 249 g/mol. The van der Waals surface area contributed by atoms with Gasteiger partial charge in [0.05, 0.1) is 5.69 Å². The maximum atomic E-state index is 9.24. The Morgan fingerprint density at radius 2 is 1.74 bits per heavy atom. The summed E-state index contributed by atoms with van der Waals surface area (Å²) in [5.41, 5.74) is 2.19. The number of fused-ring (bicyclic) bond motifs is 1. The molecule has 0 fully saturated rings. The Bertz CT molecular complexity index is 723. The van der Waals surface area contributed by atoms with Crippen molar-refractivity contribution in [1.29, 1.82) is 0 Å².